The Hall–Kier alpha value is -2.76. The molecule has 0 saturated carbocycles. The number of carbonyl (C=O) groups excluding carboxylic acids is 1. The maximum absolute atomic E-state index is 13.2. The number of amides is 1. The van der Waals surface area contributed by atoms with E-state index in [1.54, 1.807) is 31.6 Å². The highest BCUT2D eigenvalue weighted by molar-refractivity contribution is 5.78. The minimum atomic E-state index is -0.371. The Balaban J connectivity index is 1.98. The molecule has 0 radical (unpaired) electrons. The predicted molar refractivity (Wildman–Crippen MR) is 111 cm³/mol. The first kappa shape index (κ1) is 21.0. The van der Waals surface area contributed by atoms with Crippen LogP contribution in [0.25, 0.3) is 0 Å². The van der Waals surface area contributed by atoms with E-state index in [1.807, 2.05) is 17.0 Å². The zero-order valence-electron chi connectivity index (χ0n) is 17.6. The van der Waals surface area contributed by atoms with Crippen LogP contribution in [0.5, 0.6) is 17.2 Å². The summed E-state index contributed by atoms with van der Waals surface area (Å²) < 4.78 is 10.8. The molecule has 29 heavy (non-hydrogen) atoms. The third kappa shape index (κ3) is 4.81. The van der Waals surface area contributed by atoms with Gasteiger partial charge in [-0.3, -0.25) is 9.78 Å². The van der Waals surface area contributed by atoms with Gasteiger partial charge in [-0.1, -0.05) is 19.9 Å². The zero-order chi connectivity index (χ0) is 21.0. The summed E-state index contributed by atoms with van der Waals surface area (Å²) in [6.45, 7) is 5.92. The summed E-state index contributed by atoms with van der Waals surface area (Å²) in [5, 5.41) is 10.8. The number of ether oxygens (including phenoxy) is 2. The van der Waals surface area contributed by atoms with Crippen molar-refractivity contribution < 1.29 is 19.4 Å². The van der Waals surface area contributed by atoms with Gasteiger partial charge in [-0.2, -0.15) is 0 Å². The van der Waals surface area contributed by atoms with Crippen LogP contribution < -0.4 is 9.47 Å². The molecule has 1 aliphatic heterocycles. The van der Waals surface area contributed by atoms with Gasteiger partial charge in [-0.05, 0) is 29.9 Å². The summed E-state index contributed by atoms with van der Waals surface area (Å²) >= 11 is 0. The van der Waals surface area contributed by atoms with Crippen LogP contribution in [0.1, 0.15) is 43.7 Å². The maximum Gasteiger partial charge on any atom is 0.223 e. The molecule has 1 amide bonds. The average molecular weight is 399 g/mol. The van der Waals surface area contributed by atoms with Gasteiger partial charge in [0.05, 0.1) is 14.2 Å². The molecule has 2 unspecified atom stereocenters. The van der Waals surface area contributed by atoms with Gasteiger partial charge < -0.3 is 19.5 Å². The highest BCUT2D eigenvalue weighted by atomic mass is 16.5. The van der Waals surface area contributed by atoms with E-state index in [-0.39, 0.29) is 24.0 Å². The van der Waals surface area contributed by atoms with E-state index in [9.17, 15) is 9.90 Å². The Morgan fingerprint density at radius 3 is 2.55 bits per heavy atom. The molecule has 0 bridgehead atoms. The van der Waals surface area contributed by atoms with Crippen molar-refractivity contribution in [3.8, 4) is 17.2 Å². The van der Waals surface area contributed by atoms with Crippen LogP contribution in [0.15, 0.2) is 36.7 Å². The third-order valence-corrected chi connectivity index (χ3v) is 5.58. The van der Waals surface area contributed by atoms with Gasteiger partial charge >= 0.3 is 0 Å². The van der Waals surface area contributed by atoms with Crippen molar-refractivity contribution in [1.29, 1.82) is 0 Å². The van der Waals surface area contributed by atoms with E-state index in [1.165, 1.54) is 7.11 Å². The molecule has 2 heterocycles. The van der Waals surface area contributed by atoms with Crippen molar-refractivity contribution in [2.24, 2.45) is 11.8 Å². The number of pyridine rings is 1. The number of hydrogen-bond acceptors (Lipinski definition) is 5. The van der Waals surface area contributed by atoms with Gasteiger partial charge in [0.15, 0.2) is 0 Å². The lowest BCUT2D eigenvalue weighted by atomic mass is 9.86. The minimum Gasteiger partial charge on any atom is -0.507 e. The minimum absolute atomic E-state index is 0.0447. The molecule has 0 aliphatic carbocycles. The number of nitrogens with zero attached hydrogens (tertiary/aromatic N) is 2. The molecular weight excluding hydrogens is 368 g/mol. The van der Waals surface area contributed by atoms with Crippen molar-refractivity contribution in [3.05, 3.63) is 47.8 Å². The zero-order valence-corrected chi connectivity index (χ0v) is 17.6. The first-order chi connectivity index (χ1) is 13.9. The molecule has 0 spiro atoms. The highest BCUT2D eigenvalue weighted by Crippen LogP contribution is 2.43. The Labute approximate surface area is 172 Å². The quantitative estimate of drug-likeness (QED) is 0.801. The Kier molecular flexibility index (Phi) is 6.62. The normalized spacial score (nSPS) is 20.2. The lowest BCUT2D eigenvalue weighted by molar-refractivity contribution is -0.134. The Bertz CT molecular complexity index is 830. The lowest BCUT2D eigenvalue weighted by Crippen LogP contribution is -2.43. The molecular formula is C23H30N2O4. The fourth-order valence-electron chi connectivity index (χ4n) is 4.36. The monoisotopic (exact) mass is 398 g/mol. The summed E-state index contributed by atoms with van der Waals surface area (Å²) in [4.78, 5) is 19.4. The van der Waals surface area contributed by atoms with Crippen molar-refractivity contribution >= 4 is 5.91 Å². The van der Waals surface area contributed by atoms with Gasteiger partial charge in [0.2, 0.25) is 5.91 Å². The van der Waals surface area contributed by atoms with Crippen LogP contribution in [0.3, 0.4) is 0 Å². The SMILES string of the molecule is COc1cc(O)c(C(CC(=O)N2CC(C)C[C@H](C)C2)c2cccnc2)c(OC)c1. The van der Waals surface area contributed by atoms with E-state index < -0.39 is 0 Å². The molecule has 1 saturated heterocycles. The summed E-state index contributed by atoms with van der Waals surface area (Å²) in [5.74, 6) is 1.72. The number of carbonyl (C=O) groups is 1. The summed E-state index contributed by atoms with van der Waals surface area (Å²) in [6, 6.07) is 7.05. The number of piperidine rings is 1. The van der Waals surface area contributed by atoms with E-state index >= 15 is 0 Å². The van der Waals surface area contributed by atoms with E-state index in [0.29, 0.717) is 28.9 Å². The Morgan fingerprint density at radius 1 is 1.24 bits per heavy atom. The number of rotatable bonds is 6. The number of phenols is 1. The molecule has 2 aromatic rings. The van der Waals surface area contributed by atoms with Crippen molar-refractivity contribution in [3.63, 3.8) is 0 Å². The fraction of sp³-hybridized carbons (Fsp3) is 0.478. The Morgan fingerprint density at radius 2 is 1.97 bits per heavy atom. The second-order valence-electron chi connectivity index (χ2n) is 8.05. The van der Waals surface area contributed by atoms with E-state index in [0.717, 1.165) is 25.1 Å². The second-order valence-corrected chi connectivity index (χ2v) is 8.05. The van der Waals surface area contributed by atoms with Crippen molar-refractivity contribution in [2.75, 3.05) is 27.3 Å². The standard InChI is InChI=1S/C23H30N2O4/c1-15-8-16(2)14-25(13-15)22(27)11-19(17-6-5-7-24-12-17)23-20(26)9-18(28-3)10-21(23)29-4/h5-7,9-10,12,15-16,19,26H,8,11,13-14H2,1-4H3/t15-,16?,19?/m0/s1. The van der Waals surface area contributed by atoms with Crippen LogP contribution in [0.2, 0.25) is 0 Å². The van der Waals surface area contributed by atoms with Crippen LogP contribution in [0.4, 0.5) is 0 Å². The molecule has 1 aromatic carbocycles. The molecule has 6 nitrogen and oxygen atoms in total. The summed E-state index contributed by atoms with van der Waals surface area (Å²) in [6.07, 6.45) is 4.81. The van der Waals surface area contributed by atoms with Gasteiger partial charge in [0, 0.05) is 55.5 Å². The first-order valence-corrected chi connectivity index (χ1v) is 10.1. The van der Waals surface area contributed by atoms with Crippen molar-refractivity contribution in [1.82, 2.24) is 9.88 Å². The predicted octanol–water partition coefficient (Wildman–Crippen LogP) is 3.83. The topological polar surface area (TPSA) is 71.9 Å². The summed E-state index contributed by atoms with van der Waals surface area (Å²) in [5.41, 5.74) is 1.44. The number of benzene rings is 1. The van der Waals surface area contributed by atoms with Gasteiger partial charge in [0.25, 0.3) is 0 Å². The molecule has 3 atom stereocenters. The van der Waals surface area contributed by atoms with Crippen molar-refractivity contribution in [2.45, 2.75) is 32.6 Å². The van der Waals surface area contributed by atoms with Crippen LogP contribution in [-0.2, 0) is 4.79 Å². The molecule has 1 aromatic heterocycles. The number of aromatic nitrogens is 1. The molecule has 1 fully saturated rings. The van der Waals surface area contributed by atoms with Gasteiger partial charge in [-0.25, -0.2) is 0 Å². The molecule has 6 heteroatoms. The van der Waals surface area contributed by atoms with Gasteiger partial charge in [0.1, 0.15) is 17.2 Å². The molecule has 1 N–H and O–H groups in total. The molecule has 156 valence electrons. The second kappa shape index (κ2) is 9.16. The lowest BCUT2D eigenvalue weighted by Gasteiger charge is -2.36. The van der Waals surface area contributed by atoms with Gasteiger partial charge in [-0.15, -0.1) is 0 Å². The van der Waals surface area contributed by atoms with Crippen LogP contribution in [0, 0.1) is 11.8 Å². The number of hydrogen-bond donors (Lipinski definition) is 1. The molecule has 1 aliphatic rings. The average Bonchev–Trinajstić information content (AvgIpc) is 2.71. The van der Waals surface area contributed by atoms with Crippen LogP contribution >= 0.6 is 0 Å². The number of phenolic OH excluding ortho intramolecular Hbond substituents is 1. The van der Waals surface area contributed by atoms with E-state index in [4.69, 9.17) is 9.47 Å². The number of methoxy groups -OCH3 is 2. The molecule has 3 rings (SSSR count). The number of aromatic hydroxyl groups is 1. The highest BCUT2D eigenvalue weighted by Gasteiger charge is 2.31. The van der Waals surface area contributed by atoms with E-state index in [2.05, 4.69) is 18.8 Å². The number of likely N-dealkylation sites (tertiary alicyclic amines) is 1. The fourth-order valence-corrected chi connectivity index (χ4v) is 4.36. The largest absolute Gasteiger partial charge is 0.507 e. The third-order valence-electron chi connectivity index (χ3n) is 5.58. The smallest absolute Gasteiger partial charge is 0.223 e. The maximum atomic E-state index is 13.2. The van der Waals surface area contributed by atoms with Crippen LogP contribution in [-0.4, -0.2) is 48.2 Å². The first-order valence-electron chi connectivity index (χ1n) is 10.1. The summed E-state index contributed by atoms with van der Waals surface area (Å²) in [7, 11) is 3.09.